The minimum atomic E-state index is -0.308. The second-order valence-electron chi connectivity index (χ2n) is 7.00. The molecule has 0 aliphatic heterocycles. The summed E-state index contributed by atoms with van der Waals surface area (Å²) in [5.74, 6) is 1.73. The lowest BCUT2D eigenvalue weighted by atomic mass is 9.59. The van der Waals surface area contributed by atoms with Crippen molar-refractivity contribution in [3.05, 3.63) is 41.0 Å². The van der Waals surface area contributed by atoms with Gasteiger partial charge in [-0.05, 0) is 67.2 Å². The van der Waals surface area contributed by atoms with Gasteiger partial charge in [-0.3, -0.25) is 0 Å². The molecule has 0 heterocycles. The summed E-state index contributed by atoms with van der Waals surface area (Å²) in [4.78, 5) is 24.1. The molecule has 0 saturated heterocycles. The van der Waals surface area contributed by atoms with Crippen molar-refractivity contribution in [3.8, 4) is 0 Å². The first kappa shape index (κ1) is 15.4. The van der Waals surface area contributed by atoms with Gasteiger partial charge >= 0.3 is 11.9 Å². The number of hydrogen-bond acceptors (Lipinski definition) is 4. The summed E-state index contributed by atoms with van der Waals surface area (Å²) in [6.45, 7) is 2.16. The molecule has 126 valence electrons. The first-order chi connectivity index (χ1) is 11.7. The minimum Gasteiger partial charge on any atom is -0.466 e. The van der Waals surface area contributed by atoms with Gasteiger partial charge in [-0.1, -0.05) is 12.1 Å². The van der Waals surface area contributed by atoms with E-state index < -0.39 is 0 Å². The van der Waals surface area contributed by atoms with E-state index in [0.717, 1.165) is 16.7 Å². The van der Waals surface area contributed by atoms with Crippen molar-refractivity contribution in [1.29, 1.82) is 0 Å². The molecule has 3 aliphatic rings. The van der Waals surface area contributed by atoms with E-state index >= 15 is 0 Å². The Hall–Kier alpha value is -2.10. The van der Waals surface area contributed by atoms with Crippen LogP contribution in [0.4, 0.5) is 0 Å². The van der Waals surface area contributed by atoms with Gasteiger partial charge in [0.05, 0.1) is 19.3 Å². The Balaban J connectivity index is 1.68. The van der Waals surface area contributed by atoms with Gasteiger partial charge in [0.25, 0.3) is 0 Å². The number of benzene rings is 1. The van der Waals surface area contributed by atoms with Crippen molar-refractivity contribution >= 4 is 17.5 Å². The van der Waals surface area contributed by atoms with Crippen LogP contribution in [-0.2, 0) is 14.3 Å². The molecule has 2 saturated carbocycles. The molecule has 4 heteroatoms. The molecule has 0 amide bonds. The van der Waals surface area contributed by atoms with E-state index in [2.05, 4.69) is 0 Å². The van der Waals surface area contributed by atoms with Crippen LogP contribution in [0.5, 0.6) is 0 Å². The highest BCUT2D eigenvalue weighted by Crippen LogP contribution is 2.66. The lowest BCUT2D eigenvalue weighted by molar-refractivity contribution is -0.137. The zero-order valence-electron chi connectivity index (χ0n) is 14.1. The third-order valence-corrected chi connectivity index (χ3v) is 5.99. The Morgan fingerprint density at radius 2 is 1.71 bits per heavy atom. The lowest BCUT2D eigenvalue weighted by Gasteiger charge is -2.44. The van der Waals surface area contributed by atoms with Crippen LogP contribution in [-0.4, -0.2) is 25.7 Å². The standard InChI is InChI=1S/C20H22O4/c1-3-24-19(21)12-6-4-11(5-7-12)15-16-13-8-9-14(10-13)17(16)18(15)20(22)23-2/h4-7,13-14,16-17H,3,8-10H2,1-2H3/t13-,14+,16-,17-/m1/s1. The molecule has 4 nitrogen and oxygen atoms in total. The van der Waals surface area contributed by atoms with Gasteiger partial charge in [-0.25, -0.2) is 9.59 Å². The predicted octanol–water partition coefficient (Wildman–Crippen LogP) is 3.47. The van der Waals surface area contributed by atoms with E-state index in [-0.39, 0.29) is 11.9 Å². The van der Waals surface area contributed by atoms with Crippen molar-refractivity contribution in [2.45, 2.75) is 26.2 Å². The van der Waals surface area contributed by atoms with E-state index in [9.17, 15) is 9.59 Å². The molecule has 0 spiro atoms. The smallest absolute Gasteiger partial charge is 0.338 e. The lowest BCUT2D eigenvalue weighted by Crippen LogP contribution is -2.38. The summed E-state index contributed by atoms with van der Waals surface area (Å²) >= 11 is 0. The number of fused-ring (bicyclic) bond motifs is 5. The quantitative estimate of drug-likeness (QED) is 0.795. The molecule has 4 rings (SSSR count). The topological polar surface area (TPSA) is 52.6 Å². The molecule has 2 bridgehead atoms. The molecular weight excluding hydrogens is 304 g/mol. The van der Waals surface area contributed by atoms with Crippen LogP contribution in [0.3, 0.4) is 0 Å². The van der Waals surface area contributed by atoms with Gasteiger partial charge in [0.2, 0.25) is 0 Å². The van der Waals surface area contributed by atoms with Gasteiger partial charge in [0, 0.05) is 11.5 Å². The molecule has 1 aromatic carbocycles. The van der Waals surface area contributed by atoms with Gasteiger partial charge in [-0.15, -0.1) is 0 Å². The number of carbonyl (C=O) groups excluding carboxylic acids is 2. The third-order valence-electron chi connectivity index (χ3n) is 5.99. The van der Waals surface area contributed by atoms with Crippen LogP contribution in [0.15, 0.2) is 29.8 Å². The Labute approximate surface area is 141 Å². The van der Waals surface area contributed by atoms with Gasteiger partial charge in [0.1, 0.15) is 0 Å². The maximum absolute atomic E-state index is 12.3. The molecule has 0 N–H and O–H groups in total. The van der Waals surface area contributed by atoms with Crippen LogP contribution in [0.2, 0.25) is 0 Å². The molecule has 2 fully saturated rings. The number of rotatable bonds is 4. The maximum atomic E-state index is 12.3. The fourth-order valence-corrected chi connectivity index (χ4v) is 5.09. The summed E-state index contributed by atoms with van der Waals surface area (Å²) in [5.41, 5.74) is 3.61. The summed E-state index contributed by atoms with van der Waals surface area (Å²) in [5, 5.41) is 0. The monoisotopic (exact) mass is 326 g/mol. The number of hydrogen-bond donors (Lipinski definition) is 0. The van der Waals surface area contributed by atoms with E-state index in [4.69, 9.17) is 9.47 Å². The van der Waals surface area contributed by atoms with Gasteiger partial charge < -0.3 is 9.47 Å². The Morgan fingerprint density at radius 3 is 2.33 bits per heavy atom. The number of esters is 2. The van der Waals surface area contributed by atoms with Crippen LogP contribution in [0.1, 0.15) is 42.1 Å². The largest absolute Gasteiger partial charge is 0.466 e. The zero-order chi connectivity index (χ0) is 16.8. The molecule has 0 aromatic heterocycles. The SMILES string of the molecule is CCOC(=O)c1ccc(C2=C(C(=O)OC)[C@@H]3[C@H]4CC[C@H](C4)[C@H]23)cc1. The van der Waals surface area contributed by atoms with Crippen LogP contribution in [0, 0.1) is 23.7 Å². The molecule has 4 atom stereocenters. The van der Waals surface area contributed by atoms with E-state index in [1.54, 1.807) is 19.1 Å². The summed E-state index contributed by atoms with van der Waals surface area (Å²) in [6, 6.07) is 7.45. The predicted molar refractivity (Wildman–Crippen MR) is 89.1 cm³/mol. The highest BCUT2D eigenvalue weighted by Gasteiger charge is 2.58. The molecule has 3 aliphatic carbocycles. The Kier molecular flexibility index (Phi) is 3.70. The average molecular weight is 326 g/mol. The van der Waals surface area contributed by atoms with Gasteiger partial charge in [-0.2, -0.15) is 0 Å². The number of allylic oxidation sites excluding steroid dienone is 1. The summed E-state index contributed by atoms with van der Waals surface area (Å²) in [6.07, 6.45) is 3.74. The molecule has 1 aromatic rings. The Bertz CT molecular complexity index is 716. The zero-order valence-corrected chi connectivity index (χ0v) is 14.1. The maximum Gasteiger partial charge on any atom is 0.338 e. The highest BCUT2D eigenvalue weighted by molar-refractivity contribution is 6.03. The fraction of sp³-hybridized carbons (Fsp3) is 0.500. The first-order valence-electron chi connectivity index (χ1n) is 8.75. The minimum absolute atomic E-state index is 0.187. The van der Waals surface area contributed by atoms with Crippen molar-refractivity contribution in [2.75, 3.05) is 13.7 Å². The number of methoxy groups -OCH3 is 1. The van der Waals surface area contributed by atoms with E-state index in [0.29, 0.717) is 35.8 Å². The van der Waals surface area contributed by atoms with E-state index in [1.807, 2.05) is 12.1 Å². The van der Waals surface area contributed by atoms with Crippen molar-refractivity contribution < 1.29 is 19.1 Å². The third kappa shape index (κ3) is 2.12. The normalized spacial score (nSPS) is 29.9. The van der Waals surface area contributed by atoms with E-state index in [1.165, 1.54) is 26.4 Å². The highest BCUT2D eigenvalue weighted by atomic mass is 16.5. The van der Waals surface area contributed by atoms with Crippen LogP contribution in [0.25, 0.3) is 5.57 Å². The molecule has 0 radical (unpaired) electrons. The number of ether oxygens (including phenoxy) is 2. The molecule has 0 unspecified atom stereocenters. The molecule has 24 heavy (non-hydrogen) atoms. The second kappa shape index (κ2) is 5.76. The van der Waals surface area contributed by atoms with Crippen molar-refractivity contribution in [1.82, 2.24) is 0 Å². The van der Waals surface area contributed by atoms with Crippen LogP contribution >= 0.6 is 0 Å². The van der Waals surface area contributed by atoms with Crippen LogP contribution < -0.4 is 0 Å². The summed E-state index contributed by atoms with van der Waals surface area (Å²) < 4.78 is 10.1. The second-order valence-corrected chi connectivity index (χ2v) is 7.00. The molecular formula is C20H22O4. The Morgan fingerprint density at radius 1 is 1.04 bits per heavy atom. The van der Waals surface area contributed by atoms with Crippen molar-refractivity contribution in [2.24, 2.45) is 23.7 Å². The number of carbonyl (C=O) groups is 2. The van der Waals surface area contributed by atoms with Gasteiger partial charge in [0.15, 0.2) is 0 Å². The summed E-state index contributed by atoms with van der Waals surface area (Å²) in [7, 11) is 1.46. The fourth-order valence-electron chi connectivity index (χ4n) is 5.09. The first-order valence-corrected chi connectivity index (χ1v) is 8.75. The average Bonchev–Trinajstić information content (AvgIpc) is 3.13. The van der Waals surface area contributed by atoms with Crippen molar-refractivity contribution in [3.63, 3.8) is 0 Å².